The predicted octanol–water partition coefficient (Wildman–Crippen LogP) is 3.32. The van der Waals surface area contributed by atoms with E-state index in [-0.39, 0.29) is 5.92 Å². The van der Waals surface area contributed by atoms with E-state index < -0.39 is 11.0 Å². The van der Waals surface area contributed by atoms with Crippen LogP contribution < -0.4 is 9.04 Å². The molecule has 23 heavy (non-hydrogen) atoms. The van der Waals surface area contributed by atoms with Gasteiger partial charge in [-0.3, -0.25) is 4.31 Å². The third-order valence-corrected chi connectivity index (χ3v) is 4.67. The second kappa shape index (κ2) is 7.87. The molecule has 1 atom stereocenters. The molecule has 0 saturated carbocycles. The number of aromatic nitrogens is 2. The first-order valence-corrected chi connectivity index (χ1v) is 8.45. The van der Waals surface area contributed by atoms with Gasteiger partial charge in [0.15, 0.2) is 16.8 Å². The topological polar surface area (TPSA) is 55.3 Å². The number of anilines is 1. The molecule has 2 rings (SSSR count). The van der Waals surface area contributed by atoms with Gasteiger partial charge < -0.3 is 4.74 Å². The molecule has 0 spiro atoms. The number of rotatable bonds is 7. The van der Waals surface area contributed by atoms with Gasteiger partial charge >= 0.3 is 0 Å². The van der Waals surface area contributed by atoms with Crippen LogP contribution in [0.3, 0.4) is 0 Å². The van der Waals surface area contributed by atoms with E-state index in [1.165, 1.54) is 6.33 Å². The molecule has 0 saturated heterocycles. The van der Waals surface area contributed by atoms with Gasteiger partial charge in [0.05, 0.1) is 24.1 Å². The van der Waals surface area contributed by atoms with Crippen LogP contribution in [0.5, 0.6) is 5.88 Å². The first-order chi connectivity index (χ1) is 11.1. The Morgan fingerprint density at radius 3 is 2.57 bits per heavy atom. The van der Waals surface area contributed by atoms with Crippen molar-refractivity contribution in [3.8, 4) is 5.88 Å². The second-order valence-corrected chi connectivity index (χ2v) is 6.60. The van der Waals surface area contributed by atoms with Crippen LogP contribution in [0.1, 0.15) is 25.3 Å². The molecule has 0 radical (unpaired) electrons. The normalized spacial score (nSPS) is 12.0. The Labute approximate surface area is 139 Å². The molecule has 1 aromatic heterocycles. The van der Waals surface area contributed by atoms with Crippen molar-refractivity contribution in [3.05, 3.63) is 54.9 Å². The first kappa shape index (κ1) is 17.1. The van der Waals surface area contributed by atoms with Gasteiger partial charge in [-0.2, -0.15) is 0 Å². The molecular formula is C17H21N3O2S. The Morgan fingerprint density at radius 2 is 2.00 bits per heavy atom. The summed E-state index contributed by atoms with van der Waals surface area (Å²) in [7, 11) is 0.181. The van der Waals surface area contributed by atoms with E-state index in [1.54, 1.807) is 17.5 Å². The standard InChI is InChI=1S/C17H21N3O2S/c1-5-11-20(23(21)14-9-7-6-8-10-14)16-15(13(2)3)17(22-4)19-12-18-16/h5-10,12-13H,1,11H2,2-4H3. The highest BCUT2D eigenvalue weighted by Gasteiger charge is 2.24. The zero-order valence-electron chi connectivity index (χ0n) is 13.6. The second-order valence-electron chi connectivity index (χ2n) is 5.19. The van der Waals surface area contributed by atoms with Gasteiger partial charge in [0.25, 0.3) is 0 Å². The summed E-state index contributed by atoms with van der Waals surface area (Å²) in [5.41, 5.74) is 0.834. The number of ether oxygens (including phenoxy) is 1. The first-order valence-electron chi connectivity index (χ1n) is 7.34. The lowest BCUT2D eigenvalue weighted by atomic mass is 10.1. The molecule has 0 bridgehead atoms. The number of hydrogen-bond donors (Lipinski definition) is 0. The zero-order chi connectivity index (χ0) is 16.8. The molecule has 0 amide bonds. The van der Waals surface area contributed by atoms with E-state index in [0.29, 0.717) is 23.1 Å². The summed E-state index contributed by atoms with van der Waals surface area (Å²) in [4.78, 5) is 9.25. The summed E-state index contributed by atoms with van der Waals surface area (Å²) in [6.45, 7) is 8.23. The van der Waals surface area contributed by atoms with Crippen LogP contribution in [0, 0.1) is 0 Å². The lowest BCUT2D eigenvalue weighted by Gasteiger charge is -2.25. The van der Waals surface area contributed by atoms with E-state index in [0.717, 1.165) is 5.56 Å². The number of nitrogens with zero attached hydrogens (tertiary/aromatic N) is 3. The monoisotopic (exact) mass is 331 g/mol. The minimum absolute atomic E-state index is 0.126. The highest BCUT2D eigenvalue weighted by atomic mass is 32.2. The SMILES string of the molecule is C=CCN(c1ncnc(OC)c1C(C)C)S(=O)c1ccccc1. The van der Waals surface area contributed by atoms with E-state index in [1.807, 2.05) is 44.2 Å². The van der Waals surface area contributed by atoms with E-state index >= 15 is 0 Å². The molecule has 0 aliphatic rings. The van der Waals surface area contributed by atoms with Crippen LogP contribution in [0.15, 0.2) is 54.2 Å². The summed E-state index contributed by atoms with van der Waals surface area (Å²) in [6.07, 6.45) is 3.14. The lowest BCUT2D eigenvalue weighted by Crippen LogP contribution is -2.28. The Morgan fingerprint density at radius 1 is 1.30 bits per heavy atom. The van der Waals surface area contributed by atoms with Crippen molar-refractivity contribution in [2.24, 2.45) is 0 Å². The molecule has 0 N–H and O–H groups in total. The third-order valence-electron chi connectivity index (χ3n) is 3.27. The minimum Gasteiger partial charge on any atom is -0.481 e. The molecule has 122 valence electrons. The summed E-state index contributed by atoms with van der Waals surface area (Å²) < 4.78 is 20.1. The summed E-state index contributed by atoms with van der Waals surface area (Å²) >= 11 is 0. The van der Waals surface area contributed by atoms with Crippen LogP contribution in [-0.4, -0.2) is 27.8 Å². The van der Waals surface area contributed by atoms with Gasteiger partial charge in [0.2, 0.25) is 5.88 Å². The van der Waals surface area contributed by atoms with Crippen molar-refractivity contribution in [2.75, 3.05) is 18.0 Å². The Kier molecular flexibility index (Phi) is 5.87. The quantitative estimate of drug-likeness (QED) is 0.730. The van der Waals surface area contributed by atoms with Crippen molar-refractivity contribution in [1.29, 1.82) is 0 Å². The largest absolute Gasteiger partial charge is 0.481 e. The lowest BCUT2D eigenvalue weighted by molar-refractivity contribution is 0.389. The van der Waals surface area contributed by atoms with Crippen molar-refractivity contribution in [1.82, 2.24) is 9.97 Å². The average Bonchev–Trinajstić information content (AvgIpc) is 2.59. The van der Waals surface area contributed by atoms with Gasteiger partial charge in [-0.1, -0.05) is 38.1 Å². The van der Waals surface area contributed by atoms with Crippen LogP contribution in [0.4, 0.5) is 5.82 Å². The molecule has 6 heteroatoms. The van der Waals surface area contributed by atoms with E-state index in [9.17, 15) is 4.21 Å². The molecule has 2 aromatic rings. The summed E-state index contributed by atoms with van der Waals surface area (Å²) in [5, 5.41) is 0. The van der Waals surface area contributed by atoms with Crippen LogP contribution in [0.2, 0.25) is 0 Å². The molecule has 0 aliphatic carbocycles. The van der Waals surface area contributed by atoms with Gasteiger partial charge in [-0.25, -0.2) is 14.2 Å². The summed E-state index contributed by atoms with van der Waals surface area (Å²) in [5.74, 6) is 1.24. The average molecular weight is 331 g/mol. The predicted molar refractivity (Wildman–Crippen MR) is 93.1 cm³/mol. The zero-order valence-corrected chi connectivity index (χ0v) is 14.4. The van der Waals surface area contributed by atoms with E-state index in [4.69, 9.17) is 4.74 Å². The molecule has 1 heterocycles. The fourth-order valence-electron chi connectivity index (χ4n) is 2.25. The molecule has 0 fully saturated rings. The fraction of sp³-hybridized carbons (Fsp3) is 0.294. The summed E-state index contributed by atoms with van der Waals surface area (Å²) in [6, 6.07) is 9.29. The van der Waals surface area contributed by atoms with Crippen molar-refractivity contribution >= 4 is 16.8 Å². The van der Waals surface area contributed by atoms with Crippen LogP contribution in [0.25, 0.3) is 0 Å². The highest BCUT2D eigenvalue weighted by molar-refractivity contribution is 7.86. The van der Waals surface area contributed by atoms with Gasteiger partial charge in [0, 0.05) is 0 Å². The molecule has 1 unspecified atom stereocenters. The van der Waals surface area contributed by atoms with Gasteiger partial charge in [-0.15, -0.1) is 6.58 Å². The Balaban J connectivity index is 2.54. The van der Waals surface area contributed by atoms with E-state index in [2.05, 4.69) is 16.5 Å². The number of methoxy groups -OCH3 is 1. The third kappa shape index (κ3) is 3.76. The van der Waals surface area contributed by atoms with Crippen LogP contribution >= 0.6 is 0 Å². The maximum Gasteiger partial charge on any atom is 0.221 e. The maximum atomic E-state index is 13.0. The highest BCUT2D eigenvalue weighted by Crippen LogP contribution is 2.33. The maximum absolute atomic E-state index is 13.0. The van der Waals surface area contributed by atoms with Gasteiger partial charge in [0.1, 0.15) is 6.33 Å². The van der Waals surface area contributed by atoms with Crippen LogP contribution in [-0.2, 0) is 11.0 Å². The fourth-order valence-corrected chi connectivity index (χ4v) is 3.44. The molecule has 0 aliphatic heterocycles. The number of hydrogen-bond acceptors (Lipinski definition) is 4. The molecule has 5 nitrogen and oxygen atoms in total. The van der Waals surface area contributed by atoms with Gasteiger partial charge in [-0.05, 0) is 18.1 Å². The Hall–Kier alpha value is -2.21. The van der Waals surface area contributed by atoms with Crippen molar-refractivity contribution in [2.45, 2.75) is 24.7 Å². The Bertz CT molecular complexity index is 689. The number of benzene rings is 1. The van der Waals surface area contributed by atoms with Crippen molar-refractivity contribution < 1.29 is 8.95 Å². The van der Waals surface area contributed by atoms with Crippen molar-refractivity contribution in [3.63, 3.8) is 0 Å². The molecular weight excluding hydrogens is 310 g/mol. The minimum atomic E-state index is -1.39. The molecule has 1 aromatic carbocycles. The smallest absolute Gasteiger partial charge is 0.221 e.